The lowest BCUT2D eigenvalue weighted by Gasteiger charge is -2.34. The minimum absolute atomic E-state index is 0.0470. The first-order chi connectivity index (χ1) is 11.5. The summed E-state index contributed by atoms with van der Waals surface area (Å²) >= 11 is 1.44. The van der Waals surface area contributed by atoms with Gasteiger partial charge in [-0.2, -0.15) is 0 Å². The van der Waals surface area contributed by atoms with E-state index in [1.54, 1.807) is 0 Å². The fourth-order valence-corrected chi connectivity index (χ4v) is 3.59. The van der Waals surface area contributed by atoms with Crippen LogP contribution in [-0.4, -0.2) is 30.6 Å². The Hall–Kier alpha value is -1.76. The Morgan fingerprint density at radius 3 is 2.75 bits per heavy atom. The van der Waals surface area contributed by atoms with Crippen molar-refractivity contribution in [3.8, 4) is 11.3 Å². The number of carbonyl (C=O) groups excluding carboxylic acids is 1. The van der Waals surface area contributed by atoms with Crippen molar-refractivity contribution in [3.63, 3.8) is 0 Å². The van der Waals surface area contributed by atoms with E-state index in [0.717, 1.165) is 11.3 Å². The zero-order valence-electron chi connectivity index (χ0n) is 14.1. The number of nitrogens with zero attached hydrogens (tertiary/aromatic N) is 1. The second-order valence-electron chi connectivity index (χ2n) is 6.39. The average molecular weight is 345 g/mol. The van der Waals surface area contributed by atoms with Crippen LogP contribution in [0.25, 0.3) is 11.3 Å². The maximum atomic E-state index is 12.7. The minimum atomic E-state index is -0.537. The van der Waals surface area contributed by atoms with Crippen LogP contribution in [0, 0.1) is 19.3 Å². The summed E-state index contributed by atoms with van der Waals surface area (Å²) in [5.41, 5.74) is 9.78. The van der Waals surface area contributed by atoms with Crippen LogP contribution in [0.15, 0.2) is 23.6 Å². The Balaban J connectivity index is 1.75. The van der Waals surface area contributed by atoms with E-state index in [4.69, 9.17) is 10.5 Å². The first-order valence-electron chi connectivity index (χ1n) is 8.16. The highest BCUT2D eigenvalue weighted by Crippen LogP contribution is 2.32. The molecular formula is C18H23N3O2S. The molecule has 1 aliphatic rings. The molecule has 2 aromatic rings. The van der Waals surface area contributed by atoms with E-state index >= 15 is 0 Å². The van der Waals surface area contributed by atoms with Gasteiger partial charge in [-0.15, -0.1) is 11.3 Å². The Morgan fingerprint density at radius 1 is 1.33 bits per heavy atom. The first kappa shape index (κ1) is 17.1. The molecule has 2 heterocycles. The molecule has 5 nitrogen and oxygen atoms in total. The van der Waals surface area contributed by atoms with Crippen molar-refractivity contribution < 1.29 is 9.53 Å². The minimum Gasteiger partial charge on any atom is -0.381 e. The number of carbonyl (C=O) groups is 1. The third kappa shape index (κ3) is 3.36. The zero-order chi connectivity index (χ0) is 17.2. The van der Waals surface area contributed by atoms with Gasteiger partial charge >= 0.3 is 0 Å². The lowest BCUT2D eigenvalue weighted by Crippen LogP contribution is -2.46. The second-order valence-corrected chi connectivity index (χ2v) is 7.25. The van der Waals surface area contributed by atoms with Gasteiger partial charge in [-0.05, 0) is 43.9 Å². The zero-order valence-corrected chi connectivity index (χ0v) is 14.9. The number of aromatic nitrogens is 1. The van der Waals surface area contributed by atoms with Gasteiger partial charge in [0.25, 0.3) is 0 Å². The fraction of sp³-hybridized carbons (Fsp3) is 0.444. The highest BCUT2D eigenvalue weighted by atomic mass is 32.1. The third-order valence-corrected chi connectivity index (χ3v) is 5.61. The Labute approximate surface area is 146 Å². The molecule has 3 rings (SSSR count). The molecule has 0 aliphatic carbocycles. The molecule has 1 aromatic carbocycles. The van der Waals surface area contributed by atoms with E-state index in [2.05, 4.69) is 42.3 Å². The van der Waals surface area contributed by atoms with Gasteiger partial charge in [0.1, 0.15) is 0 Å². The molecule has 0 atom stereocenters. The van der Waals surface area contributed by atoms with Crippen LogP contribution >= 0.6 is 11.3 Å². The van der Waals surface area contributed by atoms with Crippen molar-refractivity contribution in [1.82, 2.24) is 4.98 Å². The number of hydrogen-bond donors (Lipinski definition) is 2. The van der Waals surface area contributed by atoms with Crippen molar-refractivity contribution in [2.24, 2.45) is 11.1 Å². The lowest BCUT2D eigenvalue weighted by molar-refractivity contribution is -0.130. The van der Waals surface area contributed by atoms with Crippen molar-refractivity contribution in [2.75, 3.05) is 25.1 Å². The van der Waals surface area contributed by atoms with Crippen LogP contribution in [0.3, 0.4) is 0 Å². The van der Waals surface area contributed by atoms with Gasteiger partial charge in [0.2, 0.25) is 5.91 Å². The smallest absolute Gasteiger partial charge is 0.233 e. The van der Waals surface area contributed by atoms with Crippen LogP contribution in [-0.2, 0) is 9.53 Å². The van der Waals surface area contributed by atoms with E-state index in [-0.39, 0.29) is 5.91 Å². The summed E-state index contributed by atoms with van der Waals surface area (Å²) in [6.45, 7) is 5.67. The molecule has 6 heteroatoms. The molecule has 24 heavy (non-hydrogen) atoms. The Bertz CT molecular complexity index is 736. The summed E-state index contributed by atoms with van der Waals surface area (Å²) in [6.07, 6.45) is 1.31. The molecule has 0 saturated carbocycles. The molecule has 3 N–H and O–H groups in total. The maximum Gasteiger partial charge on any atom is 0.233 e. The highest BCUT2D eigenvalue weighted by molar-refractivity contribution is 7.14. The largest absolute Gasteiger partial charge is 0.381 e. The number of anilines is 1. The van der Waals surface area contributed by atoms with Gasteiger partial charge in [0.15, 0.2) is 5.13 Å². The van der Waals surface area contributed by atoms with E-state index in [0.29, 0.717) is 37.7 Å². The number of rotatable bonds is 4. The SMILES string of the molecule is Cc1ccc(-c2csc(NC(=O)C3(CN)CCOCC3)n2)cc1C. The fourth-order valence-electron chi connectivity index (χ4n) is 2.88. The molecule has 128 valence electrons. The van der Waals surface area contributed by atoms with Crippen molar-refractivity contribution in [2.45, 2.75) is 26.7 Å². The number of thiazole rings is 1. The van der Waals surface area contributed by atoms with Crippen LogP contribution in [0.1, 0.15) is 24.0 Å². The summed E-state index contributed by atoms with van der Waals surface area (Å²) in [6, 6.07) is 6.27. The van der Waals surface area contributed by atoms with Gasteiger partial charge in [-0.25, -0.2) is 4.98 Å². The predicted octanol–water partition coefficient (Wildman–Crippen LogP) is 3.12. The van der Waals surface area contributed by atoms with Gasteiger partial charge in [0.05, 0.1) is 11.1 Å². The molecule has 1 fully saturated rings. The van der Waals surface area contributed by atoms with Gasteiger partial charge < -0.3 is 15.8 Å². The monoisotopic (exact) mass is 345 g/mol. The van der Waals surface area contributed by atoms with Crippen LogP contribution in [0.5, 0.6) is 0 Å². The summed E-state index contributed by atoms with van der Waals surface area (Å²) < 4.78 is 5.36. The lowest BCUT2D eigenvalue weighted by atomic mass is 9.79. The topological polar surface area (TPSA) is 77.2 Å². The molecule has 1 aromatic heterocycles. The average Bonchev–Trinajstić information content (AvgIpc) is 3.06. The second kappa shape index (κ2) is 7.01. The first-order valence-corrected chi connectivity index (χ1v) is 9.04. The van der Waals surface area contributed by atoms with Gasteiger partial charge in [0, 0.05) is 30.7 Å². The van der Waals surface area contributed by atoms with Crippen LogP contribution in [0.2, 0.25) is 0 Å². The van der Waals surface area contributed by atoms with E-state index in [1.807, 2.05) is 5.38 Å². The summed E-state index contributed by atoms with van der Waals surface area (Å²) in [7, 11) is 0. The number of hydrogen-bond acceptors (Lipinski definition) is 5. The third-order valence-electron chi connectivity index (χ3n) is 4.85. The van der Waals surface area contributed by atoms with Crippen molar-refractivity contribution in [1.29, 1.82) is 0 Å². The van der Waals surface area contributed by atoms with E-state index in [9.17, 15) is 4.79 Å². The summed E-state index contributed by atoms with van der Waals surface area (Å²) in [5, 5.41) is 5.54. The Morgan fingerprint density at radius 2 is 2.08 bits per heavy atom. The number of nitrogens with two attached hydrogens (primary N) is 1. The number of amides is 1. The van der Waals surface area contributed by atoms with Crippen molar-refractivity contribution in [3.05, 3.63) is 34.7 Å². The molecule has 1 saturated heterocycles. The molecule has 1 amide bonds. The van der Waals surface area contributed by atoms with E-state index in [1.165, 1.54) is 22.5 Å². The highest BCUT2D eigenvalue weighted by Gasteiger charge is 2.39. The number of nitrogens with one attached hydrogen (secondary N) is 1. The standard InChI is InChI=1S/C18H23N3O2S/c1-12-3-4-14(9-13(12)2)15-10-24-17(20-15)21-16(22)18(11-19)5-7-23-8-6-18/h3-4,9-10H,5-8,11,19H2,1-2H3,(H,20,21,22). The summed E-state index contributed by atoms with van der Waals surface area (Å²) in [4.78, 5) is 17.3. The molecule has 0 bridgehead atoms. The molecule has 0 radical (unpaired) electrons. The number of aryl methyl sites for hydroxylation is 2. The van der Waals surface area contributed by atoms with E-state index < -0.39 is 5.41 Å². The quantitative estimate of drug-likeness (QED) is 0.892. The summed E-state index contributed by atoms with van der Waals surface area (Å²) in [5.74, 6) is -0.0470. The van der Waals surface area contributed by atoms with Gasteiger partial charge in [-0.3, -0.25) is 4.79 Å². The van der Waals surface area contributed by atoms with Crippen LogP contribution in [0.4, 0.5) is 5.13 Å². The van der Waals surface area contributed by atoms with Crippen molar-refractivity contribution >= 4 is 22.4 Å². The number of benzene rings is 1. The Kier molecular flexibility index (Phi) is 4.99. The predicted molar refractivity (Wildman–Crippen MR) is 97.2 cm³/mol. The normalized spacial score (nSPS) is 16.8. The molecular weight excluding hydrogens is 322 g/mol. The molecule has 0 unspecified atom stereocenters. The van der Waals surface area contributed by atoms with Crippen LogP contribution < -0.4 is 11.1 Å². The maximum absolute atomic E-state index is 12.7. The molecule has 1 aliphatic heterocycles. The molecule has 0 spiro atoms. The van der Waals surface area contributed by atoms with Gasteiger partial charge in [-0.1, -0.05) is 12.1 Å². The number of ether oxygens (including phenoxy) is 1.